The molecular formula is C8H23NO3SSi. The summed E-state index contributed by atoms with van der Waals surface area (Å²) in [6.07, 6.45) is 2.45. The van der Waals surface area contributed by atoms with E-state index in [0.29, 0.717) is 6.42 Å². The van der Waals surface area contributed by atoms with Crippen molar-refractivity contribution < 1.29 is 13.0 Å². The summed E-state index contributed by atoms with van der Waals surface area (Å²) in [5.41, 5.74) is 0. The Labute approximate surface area is 88.4 Å². The summed E-state index contributed by atoms with van der Waals surface area (Å²) in [4.78, 5) is 0. The zero-order valence-corrected chi connectivity index (χ0v) is 11.5. The zero-order valence-electron chi connectivity index (χ0n) is 9.67. The summed E-state index contributed by atoms with van der Waals surface area (Å²) in [7, 11) is -4.96. The van der Waals surface area contributed by atoms with E-state index in [2.05, 4.69) is 19.6 Å². The lowest BCUT2D eigenvalue weighted by Crippen LogP contribution is -2.18. The summed E-state index contributed by atoms with van der Waals surface area (Å²) in [5.74, 6) is -0.196. The topological polar surface area (TPSA) is 93.7 Å². The van der Waals surface area contributed by atoms with Crippen molar-refractivity contribution in [2.75, 3.05) is 5.75 Å². The van der Waals surface area contributed by atoms with Crippen molar-refractivity contribution in [3.05, 3.63) is 0 Å². The second-order valence-corrected chi connectivity index (χ2v) is 11.8. The molecule has 0 heterocycles. The molecule has 4 nitrogen and oxygen atoms in total. The summed E-state index contributed by atoms with van der Waals surface area (Å²) in [6.45, 7) is 6.87. The first-order chi connectivity index (χ1) is 5.71. The van der Waals surface area contributed by atoms with Gasteiger partial charge < -0.3 is 10.7 Å². The minimum Gasteiger partial charge on any atom is -0.748 e. The van der Waals surface area contributed by atoms with Crippen LogP contribution in [0.5, 0.6) is 0 Å². The largest absolute Gasteiger partial charge is 0.748 e. The van der Waals surface area contributed by atoms with Gasteiger partial charge >= 0.3 is 0 Å². The Kier molecular flexibility index (Phi) is 7.72. The lowest BCUT2D eigenvalue weighted by molar-refractivity contribution is 0.460. The van der Waals surface area contributed by atoms with Crippen molar-refractivity contribution in [1.82, 2.24) is 6.15 Å². The van der Waals surface area contributed by atoms with Crippen LogP contribution >= 0.6 is 0 Å². The molecule has 4 N–H and O–H groups in total. The van der Waals surface area contributed by atoms with Crippen LogP contribution in [-0.4, -0.2) is 26.8 Å². The van der Waals surface area contributed by atoms with Gasteiger partial charge in [0.15, 0.2) is 0 Å². The molecule has 0 aromatic rings. The van der Waals surface area contributed by atoms with Gasteiger partial charge in [0.1, 0.15) is 0 Å². The predicted octanol–water partition coefficient (Wildman–Crippen LogP) is 2.42. The van der Waals surface area contributed by atoms with Gasteiger partial charge in [-0.25, -0.2) is 8.42 Å². The molecule has 0 aliphatic carbocycles. The van der Waals surface area contributed by atoms with Crippen LogP contribution in [0.25, 0.3) is 0 Å². The molecule has 0 aliphatic rings. The number of unbranched alkanes of at least 4 members (excludes halogenated alkanes) is 2. The van der Waals surface area contributed by atoms with E-state index in [9.17, 15) is 13.0 Å². The van der Waals surface area contributed by atoms with E-state index < -0.39 is 18.2 Å². The van der Waals surface area contributed by atoms with Crippen LogP contribution in [0.15, 0.2) is 0 Å². The van der Waals surface area contributed by atoms with E-state index >= 15 is 0 Å². The number of hydrogen-bond acceptors (Lipinski definition) is 3. The molecule has 14 heavy (non-hydrogen) atoms. The average Bonchev–Trinajstić information content (AvgIpc) is 1.81. The van der Waals surface area contributed by atoms with E-state index in [-0.39, 0.29) is 11.9 Å². The highest BCUT2D eigenvalue weighted by atomic mass is 32.2. The molecule has 0 bridgehead atoms. The van der Waals surface area contributed by atoms with Gasteiger partial charge in [0.25, 0.3) is 0 Å². The van der Waals surface area contributed by atoms with Gasteiger partial charge in [-0.15, -0.1) is 0 Å². The molecule has 0 atom stereocenters. The Morgan fingerprint density at radius 3 is 1.93 bits per heavy atom. The number of quaternary nitrogens is 1. The maximum Gasteiger partial charge on any atom is 0.0945 e. The second-order valence-electron chi connectivity index (χ2n) is 4.63. The van der Waals surface area contributed by atoms with Crippen molar-refractivity contribution in [1.29, 1.82) is 0 Å². The third-order valence-corrected chi connectivity index (χ3v) is 4.46. The first-order valence-electron chi connectivity index (χ1n) is 4.64. The van der Waals surface area contributed by atoms with E-state index in [1.54, 1.807) is 0 Å². The number of rotatable bonds is 6. The summed E-state index contributed by atoms with van der Waals surface area (Å²) < 4.78 is 30.7. The van der Waals surface area contributed by atoms with Gasteiger partial charge in [-0.3, -0.25) is 0 Å². The van der Waals surface area contributed by atoms with E-state index in [4.69, 9.17) is 0 Å². The zero-order chi connectivity index (χ0) is 10.5. The molecular weight excluding hydrogens is 218 g/mol. The quantitative estimate of drug-likeness (QED) is 0.439. The highest BCUT2D eigenvalue weighted by Gasteiger charge is 2.11. The molecule has 6 heteroatoms. The van der Waals surface area contributed by atoms with Crippen molar-refractivity contribution in [3.8, 4) is 0 Å². The van der Waals surface area contributed by atoms with Crippen LogP contribution in [0.2, 0.25) is 25.7 Å². The first-order valence-corrected chi connectivity index (χ1v) is 9.93. The molecule has 0 rings (SSSR count). The molecule has 0 saturated heterocycles. The molecule has 0 saturated carbocycles. The highest BCUT2D eigenvalue weighted by molar-refractivity contribution is 7.85. The van der Waals surface area contributed by atoms with Crippen molar-refractivity contribution in [3.63, 3.8) is 0 Å². The fourth-order valence-corrected chi connectivity index (χ4v) is 2.98. The first kappa shape index (κ1) is 16.5. The summed E-state index contributed by atoms with van der Waals surface area (Å²) in [6, 6.07) is 1.21. The van der Waals surface area contributed by atoms with Crippen LogP contribution in [-0.2, 0) is 10.1 Å². The van der Waals surface area contributed by atoms with Crippen LogP contribution in [0.4, 0.5) is 0 Å². The van der Waals surface area contributed by atoms with Crippen LogP contribution < -0.4 is 6.15 Å². The minimum atomic E-state index is -3.98. The highest BCUT2D eigenvalue weighted by Crippen LogP contribution is 2.13. The monoisotopic (exact) mass is 241 g/mol. The van der Waals surface area contributed by atoms with E-state index in [1.807, 2.05) is 0 Å². The minimum absolute atomic E-state index is 0. The second kappa shape index (κ2) is 6.55. The van der Waals surface area contributed by atoms with Gasteiger partial charge in [0, 0.05) is 13.8 Å². The van der Waals surface area contributed by atoms with Gasteiger partial charge in [-0.2, -0.15) is 0 Å². The van der Waals surface area contributed by atoms with Crippen LogP contribution in [0.1, 0.15) is 19.3 Å². The third kappa shape index (κ3) is 14.6. The Bertz CT molecular complexity index is 233. The van der Waals surface area contributed by atoms with Gasteiger partial charge in [0.2, 0.25) is 0 Å². The third-order valence-electron chi connectivity index (χ3n) is 1.82. The molecule has 0 radical (unpaired) electrons. The number of hydrogen-bond donors (Lipinski definition) is 1. The lowest BCUT2D eigenvalue weighted by atomic mass is 10.3. The van der Waals surface area contributed by atoms with E-state index in [0.717, 1.165) is 12.8 Å². The molecule has 0 aliphatic heterocycles. The van der Waals surface area contributed by atoms with Gasteiger partial charge in [0.05, 0.1) is 10.1 Å². The maximum absolute atomic E-state index is 10.2. The Hall–Kier alpha value is 0.0869. The smallest absolute Gasteiger partial charge is 0.0945 e. The van der Waals surface area contributed by atoms with Crippen LogP contribution in [0.3, 0.4) is 0 Å². The molecule has 0 amide bonds. The summed E-state index contributed by atoms with van der Waals surface area (Å²) >= 11 is 0. The predicted molar refractivity (Wildman–Crippen MR) is 62.6 cm³/mol. The Morgan fingerprint density at radius 1 is 1.07 bits per heavy atom. The van der Waals surface area contributed by atoms with Crippen LogP contribution in [0, 0.1) is 0 Å². The van der Waals surface area contributed by atoms with E-state index in [1.165, 1.54) is 6.04 Å². The molecule has 0 aromatic heterocycles. The molecule has 0 unspecified atom stereocenters. The van der Waals surface area contributed by atoms with Crippen molar-refractivity contribution >= 4 is 18.2 Å². The SMILES string of the molecule is C[Si](C)(C)CCCCCS(=O)(=O)[O-].[NH4+]. The normalized spacial score (nSPS) is 12.3. The molecule has 0 aromatic carbocycles. The lowest BCUT2D eigenvalue weighted by Gasteiger charge is -2.15. The summed E-state index contributed by atoms with van der Waals surface area (Å²) in [5, 5.41) is 0. The fourth-order valence-electron chi connectivity index (χ4n) is 1.11. The van der Waals surface area contributed by atoms with Crippen molar-refractivity contribution in [2.24, 2.45) is 0 Å². The fraction of sp³-hybridized carbons (Fsp3) is 1.00. The van der Waals surface area contributed by atoms with Gasteiger partial charge in [-0.1, -0.05) is 38.5 Å². The van der Waals surface area contributed by atoms with Gasteiger partial charge in [-0.05, 0) is 6.42 Å². The molecule has 88 valence electrons. The Morgan fingerprint density at radius 2 is 1.57 bits per heavy atom. The average molecular weight is 241 g/mol. The standard InChI is InChI=1S/C8H20O3SSi.H3N/c1-13(2,3)8-6-4-5-7-12(9,10)11;/h4-8H2,1-3H3,(H,9,10,11);1H3. The maximum atomic E-state index is 10.2. The van der Waals surface area contributed by atoms with Crippen molar-refractivity contribution in [2.45, 2.75) is 44.9 Å². The molecule has 0 fully saturated rings. The Balaban J connectivity index is 0. The molecule has 0 spiro atoms.